The molecule has 0 aliphatic carbocycles. The van der Waals surface area contributed by atoms with E-state index in [1.54, 1.807) is 17.8 Å². The maximum Gasteiger partial charge on any atom is 0.118 e. The minimum Gasteiger partial charge on any atom is -0.380 e. The molecule has 3 rings (SSSR count). The summed E-state index contributed by atoms with van der Waals surface area (Å²) in [5, 5.41) is 16.2. The Kier molecular flexibility index (Phi) is 7.66. The molecule has 2 unspecified atom stereocenters. The fourth-order valence-corrected chi connectivity index (χ4v) is 4.94. The van der Waals surface area contributed by atoms with Crippen molar-refractivity contribution < 1.29 is 5.11 Å². The Morgan fingerprint density at radius 2 is 1.62 bits per heavy atom. The maximum atomic E-state index is 11.7. The van der Waals surface area contributed by atoms with E-state index in [-0.39, 0.29) is 5.92 Å². The highest BCUT2D eigenvalue weighted by atomic mass is 35.5. The summed E-state index contributed by atoms with van der Waals surface area (Å²) in [5.41, 5.74) is 1.78. The Morgan fingerprint density at radius 1 is 0.966 bits per heavy atom. The van der Waals surface area contributed by atoms with Gasteiger partial charge in [-0.05, 0) is 48.0 Å². The normalized spacial score (nSPS) is 14.4. The molecular weight excluding hydrogens is 421 g/mol. The number of benzene rings is 3. The zero-order valence-corrected chi connectivity index (χ0v) is 18.9. The van der Waals surface area contributed by atoms with Gasteiger partial charge in [0, 0.05) is 33.2 Å². The number of thioether (sulfide) groups is 1. The Hall–Kier alpha value is -1.49. The maximum absolute atomic E-state index is 11.7. The molecule has 0 saturated heterocycles. The molecule has 5 heteroatoms. The first-order valence-corrected chi connectivity index (χ1v) is 11.3. The summed E-state index contributed by atoms with van der Waals surface area (Å²) in [6.07, 6.45) is 0. The van der Waals surface area contributed by atoms with E-state index in [9.17, 15) is 5.11 Å². The summed E-state index contributed by atoms with van der Waals surface area (Å²) in [5.74, 6) is 0.760. The number of nitrogens with one attached hydrogen (secondary N) is 1. The lowest BCUT2D eigenvalue weighted by Crippen LogP contribution is -2.39. The molecule has 0 radical (unpaired) electrons. The van der Waals surface area contributed by atoms with Gasteiger partial charge in [0.15, 0.2) is 0 Å². The van der Waals surface area contributed by atoms with Crippen molar-refractivity contribution in [3.05, 3.63) is 99.5 Å². The summed E-state index contributed by atoms with van der Waals surface area (Å²) in [7, 11) is 1.91. The molecule has 2 N–H and O–H groups in total. The van der Waals surface area contributed by atoms with Crippen LogP contribution in [0, 0.1) is 5.92 Å². The van der Waals surface area contributed by atoms with E-state index >= 15 is 0 Å². The van der Waals surface area contributed by atoms with E-state index in [2.05, 4.69) is 24.4 Å². The highest BCUT2D eigenvalue weighted by Crippen LogP contribution is 2.38. The van der Waals surface area contributed by atoms with E-state index in [4.69, 9.17) is 23.2 Å². The molecule has 0 aromatic heterocycles. The molecule has 29 heavy (non-hydrogen) atoms. The summed E-state index contributed by atoms with van der Waals surface area (Å²) >= 11 is 14.0. The average Bonchev–Trinajstić information content (AvgIpc) is 2.74. The van der Waals surface area contributed by atoms with Gasteiger partial charge in [-0.3, -0.25) is 0 Å². The third kappa shape index (κ3) is 5.17. The van der Waals surface area contributed by atoms with Crippen molar-refractivity contribution in [1.29, 1.82) is 0 Å². The van der Waals surface area contributed by atoms with Crippen LogP contribution in [0.4, 0.5) is 0 Å². The van der Waals surface area contributed by atoms with Gasteiger partial charge in [-0.25, -0.2) is 0 Å². The Balaban J connectivity index is 1.82. The van der Waals surface area contributed by atoms with E-state index in [1.807, 2.05) is 61.6 Å². The number of hydrogen-bond donors (Lipinski definition) is 2. The monoisotopic (exact) mass is 445 g/mol. The van der Waals surface area contributed by atoms with Gasteiger partial charge in [0.05, 0.1) is 0 Å². The third-order valence-corrected chi connectivity index (χ3v) is 6.79. The fourth-order valence-electron chi connectivity index (χ4n) is 3.49. The van der Waals surface area contributed by atoms with Crippen molar-refractivity contribution in [3.63, 3.8) is 0 Å². The molecule has 0 heterocycles. The molecule has 0 saturated carbocycles. The van der Waals surface area contributed by atoms with Crippen molar-refractivity contribution in [2.24, 2.45) is 5.92 Å². The van der Waals surface area contributed by atoms with Crippen molar-refractivity contribution in [2.75, 3.05) is 13.6 Å². The second kappa shape index (κ2) is 10.0. The summed E-state index contributed by atoms with van der Waals surface area (Å²) in [6, 6.07) is 23.6. The second-order valence-corrected chi connectivity index (χ2v) is 9.03. The lowest BCUT2D eigenvalue weighted by molar-refractivity contribution is 0.0248. The molecule has 0 aliphatic heterocycles. The predicted octanol–water partition coefficient (Wildman–Crippen LogP) is 6.38. The van der Waals surface area contributed by atoms with E-state index in [0.29, 0.717) is 16.6 Å². The van der Waals surface area contributed by atoms with E-state index in [1.165, 1.54) is 0 Å². The SMILES string of the molecule is CNCC(C)C(O)(c1ccccc1)c1ccc(SCc2ccc(Cl)cc2Cl)cc1. The summed E-state index contributed by atoms with van der Waals surface area (Å²) in [6.45, 7) is 2.77. The number of rotatable bonds is 8. The van der Waals surface area contributed by atoms with Crippen LogP contribution in [0.25, 0.3) is 0 Å². The first-order valence-electron chi connectivity index (χ1n) is 9.55. The molecular formula is C24H25Cl2NOS. The molecule has 3 aromatic carbocycles. The fraction of sp³-hybridized carbons (Fsp3) is 0.250. The van der Waals surface area contributed by atoms with Gasteiger partial charge in [-0.1, -0.05) is 78.7 Å². The average molecular weight is 446 g/mol. The van der Waals surface area contributed by atoms with Crippen molar-refractivity contribution in [1.82, 2.24) is 5.32 Å². The Labute approximate surface area is 187 Å². The lowest BCUT2D eigenvalue weighted by atomic mass is 9.77. The minimum atomic E-state index is -1.06. The van der Waals surface area contributed by atoms with Gasteiger partial charge < -0.3 is 10.4 Å². The number of hydrogen-bond acceptors (Lipinski definition) is 3. The second-order valence-electron chi connectivity index (χ2n) is 7.14. The zero-order chi connectivity index (χ0) is 20.9. The molecule has 0 amide bonds. The number of aliphatic hydroxyl groups is 1. The first kappa shape index (κ1) is 22.2. The molecule has 0 aliphatic rings. The van der Waals surface area contributed by atoms with Gasteiger partial charge in [0.1, 0.15) is 5.60 Å². The van der Waals surface area contributed by atoms with Crippen LogP contribution in [-0.2, 0) is 11.4 Å². The Bertz CT molecular complexity index is 933. The Morgan fingerprint density at radius 3 is 2.24 bits per heavy atom. The van der Waals surface area contributed by atoms with Crippen molar-refractivity contribution in [3.8, 4) is 0 Å². The van der Waals surface area contributed by atoms with Gasteiger partial charge in [-0.2, -0.15) is 0 Å². The largest absolute Gasteiger partial charge is 0.380 e. The highest BCUT2D eigenvalue weighted by molar-refractivity contribution is 7.98. The lowest BCUT2D eigenvalue weighted by Gasteiger charge is -2.35. The molecule has 2 nitrogen and oxygen atoms in total. The smallest absolute Gasteiger partial charge is 0.118 e. The van der Waals surface area contributed by atoms with Crippen LogP contribution < -0.4 is 5.32 Å². The molecule has 3 aromatic rings. The summed E-state index contributed by atoms with van der Waals surface area (Å²) < 4.78 is 0. The molecule has 152 valence electrons. The van der Waals surface area contributed by atoms with Gasteiger partial charge in [0.2, 0.25) is 0 Å². The molecule has 0 fully saturated rings. The topological polar surface area (TPSA) is 32.3 Å². The van der Waals surface area contributed by atoms with Crippen LogP contribution in [0.15, 0.2) is 77.7 Å². The van der Waals surface area contributed by atoms with Crippen molar-refractivity contribution in [2.45, 2.75) is 23.2 Å². The predicted molar refractivity (Wildman–Crippen MR) is 125 cm³/mol. The standard InChI is InChI=1S/C24H25Cl2NOS/c1-17(15-27-2)24(28,19-6-4-3-5-7-19)20-9-12-22(13-10-20)29-16-18-8-11-21(25)14-23(18)26/h3-14,17,27-28H,15-16H2,1-2H3. The van der Waals surface area contributed by atoms with Crippen LogP contribution in [0.2, 0.25) is 10.0 Å². The van der Waals surface area contributed by atoms with Crippen molar-refractivity contribution >= 4 is 35.0 Å². The van der Waals surface area contributed by atoms with Gasteiger partial charge in [-0.15, -0.1) is 11.8 Å². The number of halogens is 2. The zero-order valence-electron chi connectivity index (χ0n) is 16.5. The quantitative estimate of drug-likeness (QED) is 0.394. The van der Waals surface area contributed by atoms with Crippen LogP contribution in [-0.4, -0.2) is 18.7 Å². The minimum absolute atomic E-state index is 0.00118. The van der Waals surface area contributed by atoms with Crippen LogP contribution in [0.3, 0.4) is 0 Å². The van der Waals surface area contributed by atoms with Gasteiger partial charge in [0.25, 0.3) is 0 Å². The molecule has 0 bridgehead atoms. The van der Waals surface area contributed by atoms with Crippen LogP contribution in [0.5, 0.6) is 0 Å². The first-order chi connectivity index (χ1) is 13.9. The molecule has 2 atom stereocenters. The van der Waals surface area contributed by atoms with E-state index in [0.717, 1.165) is 27.3 Å². The third-order valence-electron chi connectivity index (χ3n) is 5.14. The van der Waals surface area contributed by atoms with E-state index < -0.39 is 5.60 Å². The summed E-state index contributed by atoms with van der Waals surface area (Å²) in [4.78, 5) is 1.12. The molecule has 0 spiro atoms. The van der Waals surface area contributed by atoms with Crippen LogP contribution in [0.1, 0.15) is 23.6 Å². The van der Waals surface area contributed by atoms with Crippen LogP contribution >= 0.6 is 35.0 Å². The van der Waals surface area contributed by atoms with Gasteiger partial charge >= 0.3 is 0 Å². The highest BCUT2D eigenvalue weighted by Gasteiger charge is 2.37.